The molecule has 0 aromatic heterocycles. The number of amides is 1. The van der Waals surface area contributed by atoms with Crippen molar-refractivity contribution in [1.29, 1.82) is 5.26 Å². The van der Waals surface area contributed by atoms with E-state index < -0.39 is 6.04 Å². The number of nitrogens with one attached hydrogen (secondary N) is 1. The Morgan fingerprint density at radius 3 is 2.60 bits per heavy atom. The first kappa shape index (κ1) is 21.3. The van der Waals surface area contributed by atoms with E-state index in [0.717, 1.165) is 25.7 Å². The van der Waals surface area contributed by atoms with Crippen molar-refractivity contribution < 1.29 is 14.4 Å². The number of hydrogen-bond acceptors (Lipinski definition) is 4. The highest BCUT2D eigenvalue weighted by Crippen LogP contribution is 2.26. The summed E-state index contributed by atoms with van der Waals surface area (Å²) in [5.41, 5.74) is 0. The molecule has 1 amide bonds. The van der Waals surface area contributed by atoms with Crippen LogP contribution in [0.25, 0.3) is 0 Å². The van der Waals surface area contributed by atoms with E-state index in [0.29, 0.717) is 31.6 Å². The molecule has 0 aliphatic heterocycles. The van der Waals surface area contributed by atoms with E-state index in [2.05, 4.69) is 11.4 Å². The molecule has 3 atom stereocenters. The molecule has 0 unspecified atom stereocenters. The molecule has 1 aliphatic carbocycles. The Morgan fingerprint density at radius 1 is 1.36 bits per heavy atom. The lowest BCUT2D eigenvalue weighted by atomic mass is 9.89. The summed E-state index contributed by atoms with van der Waals surface area (Å²) in [5.74, 6) is -0.119. The maximum absolute atomic E-state index is 12.6. The number of carbonyl (C=O) groups excluding carboxylic acids is 3. The van der Waals surface area contributed by atoms with Crippen LogP contribution in [0.5, 0.6) is 0 Å². The van der Waals surface area contributed by atoms with E-state index >= 15 is 0 Å². The number of hydrogen-bond donors (Lipinski definition) is 1. The molecule has 1 N–H and O–H groups in total. The third-order valence-corrected chi connectivity index (χ3v) is 4.83. The lowest BCUT2D eigenvalue weighted by Gasteiger charge is -2.21. The van der Waals surface area contributed by atoms with Gasteiger partial charge in [-0.05, 0) is 38.0 Å². The van der Waals surface area contributed by atoms with Gasteiger partial charge in [-0.25, -0.2) is 0 Å². The Bertz CT molecular complexity index is 508. The van der Waals surface area contributed by atoms with Crippen LogP contribution in [0.4, 0.5) is 0 Å². The minimum atomic E-state index is -0.653. The lowest BCUT2D eigenvalue weighted by Crippen LogP contribution is -2.40. The predicted molar refractivity (Wildman–Crippen MR) is 96.6 cm³/mol. The fourth-order valence-electron chi connectivity index (χ4n) is 3.46. The van der Waals surface area contributed by atoms with Gasteiger partial charge in [0.1, 0.15) is 17.6 Å². The van der Waals surface area contributed by atoms with E-state index in [-0.39, 0.29) is 35.7 Å². The molecule has 0 bridgehead atoms. The van der Waals surface area contributed by atoms with Crippen LogP contribution in [0.15, 0.2) is 0 Å². The Hall–Kier alpha value is -1.70. The minimum absolute atomic E-state index is 0.111. The highest BCUT2D eigenvalue weighted by atomic mass is 16.2. The smallest absolute Gasteiger partial charge is 0.224 e. The van der Waals surface area contributed by atoms with Crippen molar-refractivity contribution in [3.8, 4) is 6.07 Å². The summed E-state index contributed by atoms with van der Waals surface area (Å²) in [6.07, 6.45) is 5.83. The zero-order chi connectivity index (χ0) is 18.8. The Morgan fingerprint density at radius 2 is 2.08 bits per heavy atom. The van der Waals surface area contributed by atoms with Crippen LogP contribution in [-0.4, -0.2) is 23.5 Å². The molecule has 0 aromatic rings. The molecular formula is C20H32N2O3. The number of nitriles is 1. The van der Waals surface area contributed by atoms with E-state index in [1.54, 1.807) is 0 Å². The zero-order valence-corrected chi connectivity index (χ0v) is 15.8. The second-order valence-electron chi connectivity index (χ2n) is 7.65. The van der Waals surface area contributed by atoms with Gasteiger partial charge in [0.25, 0.3) is 0 Å². The van der Waals surface area contributed by atoms with Crippen LogP contribution in [-0.2, 0) is 14.4 Å². The number of Topliss-reactive ketones (excluding diaryl/α,β-unsaturated/α-hetero) is 2. The van der Waals surface area contributed by atoms with Gasteiger partial charge < -0.3 is 5.32 Å². The molecule has 0 spiro atoms. The molecule has 140 valence electrons. The van der Waals surface area contributed by atoms with Crippen molar-refractivity contribution in [2.45, 2.75) is 84.6 Å². The molecule has 0 heterocycles. The second kappa shape index (κ2) is 11.0. The monoisotopic (exact) mass is 348 g/mol. The summed E-state index contributed by atoms with van der Waals surface area (Å²) in [4.78, 5) is 36.5. The maximum Gasteiger partial charge on any atom is 0.224 e. The van der Waals surface area contributed by atoms with Gasteiger partial charge in [-0.1, -0.05) is 27.2 Å². The number of unbranched alkanes of at least 4 members (excludes halogenated alkanes) is 1. The fourth-order valence-corrected chi connectivity index (χ4v) is 3.46. The highest BCUT2D eigenvalue weighted by molar-refractivity contribution is 5.87. The Labute approximate surface area is 151 Å². The summed E-state index contributed by atoms with van der Waals surface area (Å²) >= 11 is 0. The van der Waals surface area contributed by atoms with E-state index in [4.69, 9.17) is 0 Å². The number of nitrogens with zero attached hydrogens (tertiary/aromatic N) is 1. The van der Waals surface area contributed by atoms with Crippen LogP contribution < -0.4 is 5.32 Å². The van der Waals surface area contributed by atoms with Crippen molar-refractivity contribution in [2.75, 3.05) is 0 Å². The van der Waals surface area contributed by atoms with Crippen molar-refractivity contribution in [3.05, 3.63) is 0 Å². The van der Waals surface area contributed by atoms with Crippen LogP contribution in [0.2, 0.25) is 0 Å². The van der Waals surface area contributed by atoms with Crippen LogP contribution in [0.3, 0.4) is 0 Å². The quantitative estimate of drug-likeness (QED) is 0.618. The summed E-state index contributed by atoms with van der Waals surface area (Å²) in [6.45, 7) is 6.08. The van der Waals surface area contributed by atoms with E-state index in [1.807, 2.05) is 20.8 Å². The Balaban J connectivity index is 2.63. The summed E-state index contributed by atoms with van der Waals surface area (Å²) in [6, 6.07) is 1.45. The fraction of sp³-hybridized carbons (Fsp3) is 0.800. The first-order chi connectivity index (χ1) is 11.9. The van der Waals surface area contributed by atoms with Crippen LogP contribution >= 0.6 is 0 Å². The molecule has 0 aromatic carbocycles. The molecule has 0 saturated heterocycles. The second-order valence-corrected chi connectivity index (χ2v) is 7.65. The molecule has 25 heavy (non-hydrogen) atoms. The Kier molecular flexibility index (Phi) is 9.41. The van der Waals surface area contributed by atoms with Gasteiger partial charge in [-0.3, -0.25) is 14.4 Å². The van der Waals surface area contributed by atoms with Crippen molar-refractivity contribution >= 4 is 17.5 Å². The third kappa shape index (κ3) is 7.81. The van der Waals surface area contributed by atoms with Gasteiger partial charge in [-0.15, -0.1) is 0 Å². The van der Waals surface area contributed by atoms with Crippen LogP contribution in [0, 0.1) is 29.1 Å². The average Bonchev–Trinajstić information content (AvgIpc) is 2.96. The standard InChI is InChI=1S/C20H32N2O3/c1-4-5-8-18(23)12-16(10-14(2)3)20(25)22-17(13-21)11-15-7-6-9-19(15)24/h14-17H,4-12H2,1-3H3,(H,22,25)/t15-,16+,17-/m0/s1. The molecule has 1 rings (SSSR count). The van der Waals surface area contributed by atoms with Crippen molar-refractivity contribution in [2.24, 2.45) is 17.8 Å². The summed E-state index contributed by atoms with van der Waals surface area (Å²) in [7, 11) is 0. The van der Waals surface area contributed by atoms with Gasteiger partial charge >= 0.3 is 0 Å². The molecule has 0 radical (unpaired) electrons. The van der Waals surface area contributed by atoms with E-state index in [1.165, 1.54) is 0 Å². The molecule has 1 fully saturated rings. The molecular weight excluding hydrogens is 316 g/mol. The topological polar surface area (TPSA) is 87.0 Å². The van der Waals surface area contributed by atoms with Gasteiger partial charge in [0.05, 0.1) is 6.07 Å². The molecule has 5 heteroatoms. The third-order valence-electron chi connectivity index (χ3n) is 4.83. The molecule has 1 saturated carbocycles. The zero-order valence-electron chi connectivity index (χ0n) is 15.8. The lowest BCUT2D eigenvalue weighted by molar-refractivity contribution is -0.130. The van der Waals surface area contributed by atoms with Crippen molar-refractivity contribution in [3.63, 3.8) is 0 Å². The summed E-state index contributed by atoms with van der Waals surface area (Å²) in [5, 5.41) is 12.1. The average molecular weight is 348 g/mol. The van der Waals surface area contributed by atoms with Gasteiger partial charge in [0.2, 0.25) is 5.91 Å². The van der Waals surface area contributed by atoms with Crippen molar-refractivity contribution in [1.82, 2.24) is 5.32 Å². The number of rotatable bonds is 11. The SMILES string of the molecule is CCCCC(=O)C[C@@H](CC(C)C)C(=O)N[C@H](C#N)C[C@@H]1CCCC1=O. The molecule has 5 nitrogen and oxygen atoms in total. The molecule has 1 aliphatic rings. The maximum atomic E-state index is 12.6. The highest BCUT2D eigenvalue weighted by Gasteiger charge is 2.30. The summed E-state index contributed by atoms with van der Waals surface area (Å²) < 4.78 is 0. The number of carbonyl (C=O) groups is 3. The van der Waals surface area contributed by atoms with Gasteiger partial charge in [-0.2, -0.15) is 5.26 Å². The van der Waals surface area contributed by atoms with E-state index in [9.17, 15) is 19.6 Å². The first-order valence-electron chi connectivity index (χ1n) is 9.61. The predicted octanol–water partition coefficient (Wildman–Crippen LogP) is 3.57. The first-order valence-corrected chi connectivity index (χ1v) is 9.61. The van der Waals surface area contributed by atoms with Crippen LogP contribution in [0.1, 0.15) is 78.6 Å². The number of ketones is 2. The minimum Gasteiger partial charge on any atom is -0.340 e. The normalized spacial score (nSPS) is 19.5. The van der Waals surface area contributed by atoms with Gasteiger partial charge in [0, 0.05) is 31.1 Å². The van der Waals surface area contributed by atoms with Gasteiger partial charge in [0.15, 0.2) is 0 Å². The largest absolute Gasteiger partial charge is 0.340 e.